The van der Waals surface area contributed by atoms with Gasteiger partial charge in [0.1, 0.15) is 0 Å². The number of hydrogen-bond donors (Lipinski definition) is 0. The molecule has 0 spiro atoms. The molecule has 0 saturated heterocycles. The number of alkyl halides is 3. The van der Waals surface area contributed by atoms with E-state index < -0.39 is 11.7 Å². The van der Waals surface area contributed by atoms with Gasteiger partial charge in [-0.1, -0.05) is 47.1 Å². The van der Waals surface area contributed by atoms with Crippen LogP contribution in [0.3, 0.4) is 0 Å². The lowest BCUT2D eigenvalue weighted by Crippen LogP contribution is -2.04. The van der Waals surface area contributed by atoms with Gasteiger partial charge in [0, 0.05) is 28.2 Å². The van der Waals surface area contributed by atoms with Crippen LogP contribution < -0.4 is 0 Å². The smallest absolute Gasteiger partial charge is 0.219 e. The zero-order valence-electron chi connectivity index (χ0n) is 14.7. The Labute approximate surface area is 167 Å². The van der Waals surface area contributed by atoms with Crippen molar-refractivity contribution in [1.82, 2.24) is 19.6 Å². The van der Waals surface area contributed by atoms with E-state index in [9.17, 15) is 13.2 Å². The topological polar surface area (TPSA) is 43.1 Å². The Bertz CT molecular complexity index is 1130. The van der Waals surface area contributed by atoms with Crippen molar-refractivity contribution in [3.8, 4) is 22.4 Å². The van der Waals surface area contributed by atoms with Crippen molar-refractivity contribution in [3.63, 3.8) is 0 Å². The first-order valence-electron chi connectivity index (χ1n) is 8.55. The van der Waals surface area contributed by atoms with Crippen LogP contribution in [-0.2, 0) is 12.6 Å². The van der Waals surface area contributed by atoms with E-state index in [0.29, 0.717) is 29.1 Å². The Balaban J connectivity index is 1.95. The molecular weight excluding hydrogens is 433 g/mol. The van der Waals surface area contributed by atoms with Crippen LogP contribution in [0.15, 0.2) is 59.2 Å². The van der Waals surface area contributed by atoms with Gasteiger partial charge in [-0.25, -0.2) is 4.98 Å². The zero-order chi connectivity index (χ0) is 19.9. The van der Waals surface area contributed by atoms with Gasteiger partial charge in [-0.2, -0.15) is 22.7 Å². The lowest BCUT2D eigenvalue weighted by atomic mass is 9.99. The molecule has 4 rings (SSSR count). The summed E-state index contributed by atoms with van der Waals surface area (Å²) in [5.41, 5.74) is 2.19. The van der Waals surface area contributed by atoms with Gasteiger partial charge in [-0.15, -0.1) is 5.10 Å². The number of halogens is 4. The number of rotatable bonds is 3. The maximum absolute atomic E-state index is 12.9. The first-order chi connectivity index (χ1) is 13.4. The standard InChI is InChI=1S/C20H14BrF3N4/c1-2-17-26-19-25-11-16(12-3-7-14(8-4-12)20(22,23)24)18(28(19)27-17)13-5-9-15(21)10-6-13/h3-11H,2H2,1H3. The maximum Gasteiger partial charge on any atom is 0.416 e. The molecule has 0 saturated carbocycles. The van der Waals surface area contributed by atoms with Gasteiger partial charge >= 0.3 is 6.18 Å². The van der Waals surface area contributed by atoms with Crippen molar-refractivity contribution in [3.05, 3.63) is 70.6 Å². The molecule has 4 aromatic rings. The average molecular weight is 447 g/mol. The van der Waals surface area contributed by atoms with Gasteiger partial charge in [0.15, 0.2) is 5.82 Å². The van der Waals surface area contributed by atoms with E-state index in [1.165, 1.54) is 12.1 Å². The van der Waals surface area contributed by atoms with Gasteiger partial charge in [0.05, 0.1) is 11.3 Å². The second-order valence-corrected chi connectivity index (χ2v) is 7.11. The second kappa shape index (κ2) is 7.01. The summed E-state index contributed by atoms with van der Waals surface area (Å²) in [6.45, 7) is 1.95. The van der Waals surface area contributed by atoms with Crippen LogP contribution in [0.2, 0.25) is 0 Å². The van der Waals surface area contributed by atoms with Gasteiger partial charge in [0.25, 0.3) is 5.78 Å². The number of fused-ring (bicyclic) bond motifs is 1. The Morgan fingerprint density at radius 1 is 0.964 bits per heavy atom. The molecule has 0 atom stereocenters. The van der Waals surface area contributed by atoms with E-state index in [0.717, 1.165) is 27.9 Å². The van der Waals surface area contributed by atoms with E-state index in [1.807, 2.05) is 31.2 Å². The summed E-state index contributed by atoms with van der Waals surface area (Å²) in [5, 5.41) is 4.52. The molecular formula is C20H14BrF3N4. The summed E-state index contributed by atoms with van der Waals surface area (Å²) in [7, 11) is 0. The minimum absolute atomic E-state index is 0.449. The Morgan fingerprint density at radius 2 is 1.61 bits per heavy atom. The molecule has 0 aliphatic rings. The molecule has 2 aromatic heterocycles. The predicted octanol–water partition coefficient (Wildman–Crippen LogP) is 5.80. The van der Waals surface area contributed by atoms with Crippen molar-refractivity contribution >= 4 is 21.7 Å². The third-order valence-corrected chi connectivity index (χ3v) is 4.90. The Morgan fingerprint density at radius 3 is 2.21 bits per heavy atom. The number of aryl methyl sites for hydroxylation is 1. The molecule has 0 N–H and O–H groups in total. The van der Waals surface area contributed by atoms with Crippen LogP contribution in [0.5, 0.6) is 0 Å². The molecule has 0 radical (unpaired) electrons. The monoisotopic (exact) mass is 446 g/mol. The molecule has 0 amide bonds. The fourth-order valence-corrected chi connectivity index (χ4v) is 3.23. The van der Waals surface area contributed by atoms with Crippen molar-refractivity contribution in [2.75, 3.05) is 0 Å². The van der Waals surface area contributed by atoms with Crippen LogP contribution in [-0.4, -0.2) is 19.6 Å². The van der Waals surface area contributed by atoms with E-state index in [4.69, 9.17) is 0 Å². The Hall–Kier alpha value is -2.74. The molecule has 142 valence electrons. The number of nitrogens with zero attached hydrogens (tertiary/aromatic N) is 4. The van der Waals surface area contributed by atoms with Crippen LogP contribution in [0.1, 0.15) is 18.3 Å². The molecule has 0 fully saturated rings. The highest BCUT2D eigenvalue weighted by atomic mass is 79.9. The predicted molar refractivity (Wildman–Crippen MR) is 104 cm³/mol. The quantitative estimate of drug-likeness (QED) is 0.399. The van der Waals surface area contributed by atoms with Gasteiger partial charge in [-0.3, -0.25) is 0 Å². The van der Waals surface area contributed by atoms with Crippen molar-refractivity contribution in [2.24, 2.45) is 0 Å². The normalized spacial score (nSPS) is 11.9. The van der Waals surface area contributed by atoms with Gasteiger partial charge in [-0.05, 0) is 29.8 Å². The van der Waals surface area contributed by atoms with E-state index in [2.05, 4.69) is 31.0 Å². The molecule has 0 bridgehead atoms. The van der Waals surface area contributed by atoms with Crippen molar-refractivity contribution in [2.45, 2.75) is 19.5 Å². The maximum atomic E-state index is 12.9. The summed E-state index contributed by atoms with van der Waals surface area (Å²) in [6, 6.07) is 12.7. The van der Waals surface area contributed by atoms with Gasteiger partial charge < -0.3 is 0 Å². The highest BCUT2D eigenvalue weighted by molar-refractivity contribution is 9.10. The van der Waals surface area contributed by atoms with E-state index in [1.54, 1.807) is 10.7 Å². The second-order valence-electron chi connectivity index (χ2n) is 6.20. The van der Waals surface area contributed by atoms with Crippen molar-refractivity contribution in [1.29, 1.82) is 0 Å². The highest BCUT2D eigenvalue weighted by Crippen LogP contribution is 2.35. The van der Waals surface area contributed by atoms with Crippen LogP contribution in [0, 0.1) is 0 Å². The van der Waals surface area contributed by atoms with Crippen LogP contribution in [0.4, 0.5) is 13.2 Å². The summed E-state index contributed by atoms with van der Waals surface area (Å²) < 4.78 is 41.3. The number of hydrogen-bond acceptors (Lipinski definition) is 3. The van der Waals surface area contributed by atoms with E-state index in [-0.39, 0.29) is 0 Å². The summed E-state index contributed by atoms with van der Waals surface area (Å²) in [5.74, 6) is 1.10. The SMILES string of the molecule is CCc1nc2ncc(-c3ccc(C(F)(F)F)cc3)c(-c3ccc(Br)cc3)n2n1. The van der Waals surface area contributed by atoms with Crippen molar-refractivity contribution < 1.29 is 13.2 Å². The van der Waals surface area contributed by atoms with E-state index >= 15 is 0 Å². The number of benzene rings is 2. The molecule has 0 unspecified atom stereocenters. The minimum atomic E-state index is -4.38. The lowest BCUT2D eigenvalue weighted by Gasteiger charge is -2.13. The molecule has 2 aromatic carbocycles. The third kappa shape index (κ3) is 3.40. The fourth-order valence-electron chi connectivity index (χ4n) is 2.96. The molecule has 8 heteroatoms. The Kier molecular flexibility index (Phi) is 4.66. The molecule has 4 nitrogen and oxygen atoms in total. The molecule has 28 heavy (non-hydrogen) atoms. The minimum Gasteiger partial charge on any atom is -0.219 e. The van der Waals surface area contributed by atoms with Gasteiger partial charge in [0.2, 0.25) is 0 Å². The first-order valence-corrected chi connectivity index (χ1v) is 9.34. The van der Waals surface area contributed by atoms with Crippen LogP contribution >= 0.6 is 15.9 Å². The summed E-state index contributed by atoms with van der Waals surface area (Å²) >= 11 is 3.42. The number of aromatic nitrogens is 4. The lowest BCUT2D eigenvalue weighted by molar-refractivity contribution is -0.137. The first kappa shape index (κ1) is 18.6. The molecule has 0 aliphatic heterocycles. The fraction of sp³-hybridized carbons (Fsp3) is 0.150. The van der Waals surface area contributed by atoms with Crippen LogP contribution in [0.25, 0.3) is 28.2 Å². The highest BCUT2D eigenvalue weighted by Gasteiger charge is 2.30. The molecule has 2 heterocycles. The third-order valence-electron chi connectivity index (χ3n) is 4.37. The summed E-state index contributed by atoms with van der Waals surface area (Å²) in [4.78, 5) is 8.76. The largest absolute Gasteiger partial charge is 0.416 e. The molecule has 0 aliphatic carbocycles. The zero-order valence-corrected chi connectivity index (χ0v) is 16.3. The summed E-state index contributed by atoms with van der Waals surface area (Å²) in [6.07, 6.45) is -2.10. The average Bonchev–Trinajstić information content (AvgIpc) is 3.11.